The van der Waals surface area contributed by atoms with Gasteiger partial charge in [-0.05, 0) is 24.6 Å². The van der Waals surface area contributed by atoms with E-state index < -0.39 is 0 Å². The lowest BCUT2D eigenvalue weighted by atomic mass is 10.1. The molecule has 0 aliphatic rings. The minimum atomic E-state index is 0.435. The third kappa shape index (κ3) is 1.53. The highest BCUT2D eigenvalue weighted by Crippen LogP contribution is 2.29. The third-order valence-electron chi connectivity index (χ3n) is 2.02. The zero-order valence-corrected chi connectivity index (χ0v) is 9.21. The molecule has 14 heavy (non-hydrogen) atoms. The van der Waals surface area contributed by atoms with Crippen molar-refractivity contribution in [1.29, 1.82) is 0 Å². The summed E-state index contributed by atoms with van der Waals surface area (Å²) in [5.74, 6) is 1.18. The number of halogens is 1. The Bertz CT molecular complexity index is 428. The van der Waals surface area contributed by atoms with Crippen molar-refractivity contribution in [3.63, 3.8) is 0 Å². The molecule has 1 heterocycles. The van der Waals surface area contributed by atoms with Crippen molar-refractivity contribution >= 4 is 21.7 Å². The van der Waals surface area contributed by atoms with Crippen LogP contribution in [0.25, 0.3) is 11.1 Å². The highest BCUT2D eigenvalue weighted by molar-refractivity contribution is 9.10. The quantitative estimate of drug-likeness (QED) is 0.849. The SMILES string of the molecule is Cc1onc(N)c1-c1ccc(Br)cc1. The molecule has 0 unspecified atom stereocenters. The van der Waals surface area contributed by atoms with E-state index in [1.807, 2.05) is 31.2 Å². The number of nitrogen functional groups attached to an aromatic ring is 1. The summed E-state index contributed by atoms with van der Waals surface area (Å²) in [7, 11) is 0. The van der Waals surface area contributed by atoms with E-state index >= 15 is 0 Å². The lowest BCUT2D eigenvalue weighted by molar-refractivity contribution is 0.401. The number of anilines is 1. The molecule has 72 valence electrons. The van der Waals surface area contributed by atoms with Gasteiger partial charge in [0, 0.05) is 4.47 Å². The van der Waals surface area contributed by atoms with Crippen LogP contribution in [0.3, 0.4) is 0 Å². The van der Waals surface area contributed by atoms with Crippen LogP contribution in [0.5, 0.6) is 0 Å². The molecule has 2 N–H and O–H groups in total. The normalized spacial score (nSPS) is 10.4. The van der Waals surface area contributed by atoms with Gasteiger partial charge in [-0.25, -0.2) is 0 Å². The van der Waals surface area contributed by atoms with Gasteiger partial charge in [0.1, 0.15) is 5.76 Å². The van der Waals surface area contributed by atoms with Crippen LogP contribution in [0, 0.1) is 6.92 Å². The molecular weight excluding hydrogens is 244 g/mol. The Hall–Kier alpha value is -1.29. The first-order chi connectivity index (χ1) is 6.68. The van der Waals surface area contributed by atoms with Gasteiger partial charge in [-0.1, -0.05) is 33.2 Å². The fraction of sp³-hybridized carbons (Fsp3) is 0.100. The van der Waals surface area contributed by atoms with Crippen LogP contribution in [-0.2, 0) is 0 Å². The average molecular weight is 253 g/mol. The molecule has 0 aliphatic heterocycles. The van der Waals surface area contributed by atoms with Gasteiger partial charge in [-0.2, -0.15) is 0 Å². The molecule has 4 heteroatoms. The summed E-state index contributed by atoms with van der Waals surface area (Å²) in [6.45, 7) is 1.85. The molecule has 1 aromatic carbocycles. The molecule has 0 spiro atoms. The maximum absolute atomic E-state index is 5.69. The van der Waals surface area contributed by atoms with Crippen LogP contribution in [0.2, 0.25) is 0 Å². The van der Waals surface area contributed by atoms with Crippen LogP contribution in [0.1, 0.15) is 5.76 Å². The van der Waals surface area contributed by atoms with Gasteiger partial charge in [0.2, 0.25) is 0 Å². The summed E-state index contributed by atoms with van der Waals surface area (Å²) in [4.78, 5) is 0. The number of nitrogens with zero attached hydrogens (tertiary/aromatic N) is 1. The standard InChI is InChI=1S/C10H9BrN2O/c1-6-9(10(12)13-14-6)7-2-4-8(11)5-3-7/h2-5H,1H3,(H2,12,13). The highest BCUT2D eigenvalue weighted by Gasteiger charge is 2.11. The summed E-state index contributed by atoms with van der Waals surface area (Å²) in [5, 5.41) is 3.71. The number of nitrogens with two attached hydrogens (primary N) is 1. The maximum atomic E-state index is 5.69. The predicted octanol–water partition coefficient (Wildman–Crippen LogP) is 2.99. The number of hydrogen-bond acceptors (Lipinski definition) is 3. The van der Waals surface area contributed by atoms with E-state index in [1.165, 1.54) is 0 Å². The lowest BCUT2D eigenvalue weighted by Gasteiger charge is -1.99. The summed E-state index contributed by atoms with van der Waals surface area (Å²) in [6, 6.07) is 7.86. The van der Waals surface area contributed by atoms with Gasteiger partial charge >= 0.3 is 0 Å². The van der Waals surface area contributed by atoms with E-state index in [1.54, 1.807) is 0 Å². The largest absolute Gasteiger partial charge is 0.380 e. The molecule has 0 amide bonds. The van der Waals surface area contributed by atoms with E-state index in [0.717, 1.165) is 21.4 Å². The van der Waals surface area contributed by atoms with Gasteiger partial charge < -0.3 is 10.3 Å². The Kier molecular flexibility index (Phi) is 2.29. The smallest absolute Gasteiger partial charge is 0.175 e. The summed E-state index contributed by atoms with van der Waals surface area (Å²) < 4.78 is 6.03. The van der Waals surface area contributed by atoms with Gasteiger partial charge in [0.25, 0.3) is 0 Å². The molecule has 0 bridgehead atoms. The topological polar surface area (TPSA) is 52.0 Å². The number of aryl methyl sites for hydroxylation is 1. The first-order valence-electron chi connectivity index (χ1n) is 4.16. The molecule has 0 radical (unpaired) electrons. The first kappa shape index (κ1) is 9.27. The van der Waals surface area contributed by atoms with E-state index in [-0.39, 0.29) is 0 Å². The molecule has 0 fully saturated rings. The molecule has 0 saturated carbocycles. The zero-order valence-electron chi connectivity index (χ0n) is 7.62. The van der Waals surface area contributed by atoms with Crippen molar-refractivity contribution in [3.8, 4) is 11.1 Å². The van der Waals surface area contributed by atoms with Gasteiger partial charge in [-0.3, -0.25) is 0 Å². The predicted molar refractivity (Wildman–Crippen MR) is 58.8 cm³/mol. The van der Waals surface area contributed by atoms with Crippen molar-refractivity contribution < 1.29 is 4.52 Å². The summed E-state index contributed by atoms with van der Waals surface area (Å²) in [6.07, 6.45) is 0. The monoisotopic (exact) mass is 252 g/mol. The fourth-order valence-electron chi connectivity index (χ4n) is 1.36. The van der Waals surface area contributed by atoms with Crippen molar-refractivity contribution in [2.45, 2.75) is 6.92 Å². The number of hydrogen-bond donors (Lipinski definition) is 1. The van der Waals surface area contributed by atoms with Crippen LogP contribution in [-0.4, -0.2) is 5.16 Å². The maximum Gasteiger partial charge on any atom is 0.175 e. The molecule has 2 aromatic rings. The molecule has 2 rings (SSSR count). The van der Waals surface area contributed by atoms with Crippen molar-refractivity contribution in [2.24, 2.45) is 0 Å². The Labute approximate surface area is 90.0 Å². The summed E-state index contributed by atoms with van der Waals surface area (Å²) >= 11 is 3.38. The second-order valence-electron chi connectivity index (χ2n) is 3.01. The molecule has 0 atom stereocenters. The number of rotatable bonds is 1. The van der Waals surface area contributed by atoms with Crippen molar-refractivity contribution in [1.82, 2.24) is 5.16 Å². The van der Waals surface area contributed by atoms with E-state index in [2.05, 4.69) is 21.1 Å². The molecule has 3 nitrogen and oxygen atoms in total. The highest BCUT2D eigenvalue weighted by atomic mass is 79.9. The van der Waals surface area contributed by atoms with Gasteiger partial charge in [0.15, 0.2) is 5.82 Å². The fourth-order valence-corrected chi connectivity index (χ4v) is 1.62. The Morgan fingerprint density at radius 1 is 1.29 bits per heavy atom. The summed E-state index contributed by atoms with van der Waals surface area (Å²) in [5.41, 5.74) is 7.59. The first-order valence-corrected chi connectivity index (χ1v) is 4.95. The van der Waals surface area contributed by atoms with Crippen molar-refractivity contribution in [2.75, 3.05) is 5.73 Å². The number of aromatic nitrogens is 1. The molecule has 1 aromatic heterocycles. The van der Waals surface area contributed by atoms with E-state index in [9.17, 15) is 0 Å². The number of benzene rings is 1. The van der Waals surface area contributed by atoms with E-state index in [0.29, 0.717) is 5.82 Å². The molecular formula is C10H9BrN2O. The lowest BCUT2D eigenvalue weighted by Crippen LogP contribution is -1.88. The van der Waals surface area contributed by atoms with Gasteiger partial charge in [-0.15, -0.1) is 0 Å². The average Bonchev–Trinajstić information content (AvgIpc) is 2.49. The Balaban J connectivity index is 2.54. The minimum absolute atomic E-state index is 0.435. The minimum Gasteiger partial charge on any atom is -0.380 e. The van der Waals surface area contributed by atoms with E-state index in [4.69, 9.17) is 10.3 Å². The molecule has 0 aliphatic carbocycles. The second-order valence-corrected chi connectivity index (χ2v) is 3.92. The Morgan fingerprint density at radius 2 is 1.93 bits per heavy atom. The zero-order chi connectivity index (χ0) is 10.1. The third-order valence-corrected chi connectivity index (χ3v) is 2.55. The second kappa shape index (κ2) is 3.46. The van der Waals surface area contributed by atoms with Crippen molar-refractivity contribution in [3.05, 3.63) is 34.5 Å². The van der Waals surface area contributed by atoms with Crippen LogP contribution in [0.4, 0.5) is 5.82 Å². The van der Waals surface area contributed by atoms with Gasteiger partial charge in [0.05, 0.1) is 5.56 Å². The van der Waals surface area contributed by atoms with Crippen LogP contribution >= 0.6 is 15.9 Å². The van der Waals surface area contributed by atoms with Crippen LogP contribution < -0.4 is 5.73 Å². The Morgan fingerprint density at radius 3 is 2.43 bits per heavy atom. The van der Waals surface area contributed by atoms with Crippen LogP contribution in [0.15, 0.2) is 33.3 Å². The molecule has 0 saturated heterocycles.